The molecular formula is C32H42N2O4. The Hall–Kier alpha value is -3.12. The average Bonchev–Trinajstić information content (AvgIpc) is 2.95. The lowest BCUT2D eigenvalue weighted by Crippen LogP contribution is -2.41. The van der Waals surface area contributed by atoms with Gasteiger partial charge >= 0.3 is 5.97 Å². The highest BCUT2D eigenvalue weighted by molar-refractivity contribution is 5.83. The second kappa shape index (κ2) is 14.1. The van der Waals surface area contributed by atoms with Gasteiger partial charge in [0.05, 0.1) is 19.7 Å². The first-order valence-electron chi connectivity index (χ1n) is 14.0. The lowest BCUT2D eigenvalue weighted by Gasteiger charge is -2.39. The molecule has 4 rings (SSSR count). The van der Waals surface area contributed by atoms with E-state index >= 15 is 0 Å². The highest BCUT2D eigenvalue weighted by Crippen LogP contribution is 2.32. The van der Waals surface area contributed by atoms with Crippen LogP contribution in [0.5, 0.6) is 11.5 Å². The number of carboxylic acids is 1. The van der Waals surface area contributed by atoms with Crippen LogP contribution in [0.4, 0.5) is 0 Å². The number of pyridine rings is 1. The van der Waals surface area contributed by atoms with Crippen molar-refractivity contribution in [2.24, 2.45) is 11.8 Å². The maximum absolute atomic E-state index is 11.4. The summed E-state index contributed by atoms with van der Waals surface area (Å²) in [5.74, 6) is 2.12. The Morgan fingerprint density at radius 2 is 1.74 bits per heavy atom. The topological polar surface area (TPSA) is 71.9 Å². The van der Waals surface area contributed by atoms with Gasteiger partial charge in [-0.1, -0.05) is 12.1 Å². The summed E-state index contributed by atoms with van der Waals surface area (Å²) in [5.41, 5.74) is 3.66. The lowest BCUT2D eigenvalue weighted by atomic mass is 9.79. The van der Waals surface area contributed by atoms with Crippen LogP contribution in [-0.2, 0) is 17.6 Å². The van der Waals surface area contributed by atoms with Crippen LogP contribution in [0.3, 0.4) is 0 Å². The van der Waals surface area contributed by atoms with Crippen LogP contribution < -0.4 is 9.47 Å². The van der Waals surface area contributed by atoms with Crippen LogP contribution in [-0.4, -0.2) is 54.8 Å². The second-order valence-electron chi connectivity index (χ2n) is 10.6. The number of carboxylic acid groups (broad SMARTS) is 1. The first kappa shape index (κ1) is 27.9. The fourth-order valence-corrected chi connectivity index (χ4v) is 5.91. The SMILES string of the molecule is COc1ccc(CCCCN2CCC(CCCc3ccnc4ccc(OC)cc34)C(CCC(=O)O)C2)cc1. The quantitative estimate of drug-likeness (QED) is 0.249. The van der Waals surface area contributed by atoms with E-state index in [9.17, 15) is 9.90 Å². The smallest absolute Gasteiger partial charge is 0.303 e. The molecule has 38 heavy (non-hydrogen) atoms. The number of hydrogen-bond donors (Lipinski definition) is 1. The van der Waals surface area contributed by atoms with Crippen molar-refractivity contribution < 1.29 is 19.4 Å². The molecule has 2 aromatic carbocycles. The van der Waals surface area contributed by atoms with E-state index in [2.05, 4.69) is 34.1 Å². The number of aryl methyl sites for hydroxylation is 2. The second-order valence-corrected chi connectivity index (χ2v) is 10.6. The minimum absolute atomic E-state index is 0.265. The number of rotatable bonds is 14. The predicted octanol–water partition coefficient (Wildman–Crippen LogP) is 6.40. The number of aliphatic carboxylic acids is 1. The Balaban J connectivity index is 1.27. The van der Waals surface area contributed by atoms with Gasteiger partial charge in [0.2, 0.25) is 0 Å². The van der Waals surface area contributed by atoms with Gasteiger partial charge in [0.15, 0.2) is 0 Å². The molecule has 204 valence electrons. The number of ether oxygens (including phenoxy) is 2. The minimum atomic E-state index is -0.683. The molecule has 1 aromatic heterocycles. The van der Waals surface area contributed by atoms with Gasteiger partial charge in [0, 0.05) is 24.5 Å². The molecule has 0 aliphatic carbocycles. The van der Waals surface area contributed by atoms with Crippen molar-refractivity contribution in [1.82, 2.24) is 9.88 Å². The van der Waals surface area contributed by atoms with Crippen molar-refractivity contribution in [2.45, 2.75) is 57.8 Å². The Bertz CT molecular complexity index is 1160. The molecular weight excluding hydrogens is 476 g/mol. The normalized spacial score (nSPS) is 17.9. The summed E-state index contributed by atoms with van der Waals surface area (Å²) in [6.07, 6.45) is 10.8. The molecule has 2 unspecified atom stereocenters. The number of nitrogens with zero attached hydrogens (tertiary/aromatic N) is 2. The van der Waals surface area contributed by atoms with E-state index in [1.807, 2.05) is 30.5 Å². The van der Waals surface area contributed by atoms with E-state index in [0.717, 1.165) is 81.6 Å². The number of aromatic nitrogens is 1. The van der Waals surface area contributed by atoms with Crippen LogP contribution in [0.1, 0.15) is 56.1 Å². The molecule has 1 fully saturated rings. The number of unbranched alkanes of at least 4 members (excludes halogenated alkanes) is 1. The van der Waals surface area contributed by atoms with Crippen LogP contribution in [0.2, 0.25) is 0 Å². The van der Waals surface area contributed by atoms with E-state index in [-0.39, 0.29) is 6.42 Å². The maximum atomic E-state index is 11.4. The molecule has 1 aliphatic rings. The third kappa shape index (κ3) is 7.94. The number of fused-ring (bicyclic) bond motifs is 1. The monoisotopic (exact) mass is 518 g/mol. The summed E-state index contributed by atoms with van der Waals surface area (Å²) in [5, 5.41) is 10.5. The van der Waals surface area contributed by atoms with Crippen molar-refractivity contribution in [3.63, 3.8) is 0 Å². The fraction of sp³-hybridized carbons (Fsp3) is 0.500. The highest BCUT2D eigenvalue weighted by atomic mass is 16.5. The van der Waals surface area contributed by atoms with Gasteiger partial charge in [-0.3, -0.25) is 9.78 Å². The van der Waals surface area contributed by atoms with Crippen LogP contribution >= 0.6 is 0 Å². The van der Waals surface area contributed by atoms with Crippen LogP contribution in [0.25, 0.3) is 10.9 Å². The molecule has 0 radical (unpaired) electrons. The lowest BCUT2D eigenvalue weighted by molar-refractivity contribution is -0.137. The van der Waals surface area contributed by atoms with Gasteiger partial charge in [-0.25, -0.2) is 0 Å². The van der Waals surface area contributed by atoms with Gasteiger partial charge < -0.3 is 19.5 Å². The maximum Gasteiger partial charge on any atom is 0.303 e. The van der Waals surface area contributed by atoms with Crippen LogP contribution in [0.15, 0.2) is 54.7 Å². The highest BCUT2D eigenvalue weighted by Gasteiger charge is 2.29. The van der Waals surface area contributed by atoms with E-state index in [1.165, 1.54) is 22.9 Å². The molecule has 1 N–H and O–H groups in total. The Kier molecular flexibility index (Phi) is 10.4. The van der Waals surface area contributed by atoms with Crippen molar-refractivity contribution in [3.05, 3.63) is 65.9 Å². The first-order chi connectivity index (χ1) is 18.6. The number of piperidine rings is 1. The Morgan fingerprint density at radius 3 is 2.50 bits per heavy atom. The molecule has 0 bridgehead atoms. The summed E-state index contributed by atoms with van der Waals surface area (Å²) < 4.78 is 10.7. The van der Waals surface area contributed by atoms with Gasteiger partial charge in [-0.2, -0.15) is 0 Å². The van der Waals surface area contributed by atoms with E-state index in [1.54, 1.807) is 14.2 Å². The molecule has 1 saturated heterocycles. The Morgan fingerprint density at radius 1 is 0.947 bits per heavy atom. The van der Waals surface area contributed by atoms with Gasteiger partial charge in [0.1, 0.15) is 11.5 Å². The zero-order valence-corrected chi connectivity index (χ0v) is 22.9. The molecule has 2 atom stereocenters. The first-order valence-corrected chi connectivity index (χ1v) is 14.0. The van der Waals surface area contributed by atoms with Crippen molar-refractivity contribution in [3.8, 4) is 11.5 Å². The summed E-state index contributed by atoms with van der Waals surface area (Å²) in [7, 11) is 3.39. The summed E-state index contributed by atoms with van der Waals surface area (Å²) in [4.78, 5) is 18.4. The summed E-state index contributed by atoms with van der Waals surface area (Å²) in [6.45, 7) is 3.24. The summed E-state index contributed by atoms with van der Waals surface area (Å²) in [6, 6.07) is 16.5. The van der Waals surface area contributed by atoms with Crippen molar-refractivity contribution in [1.29, 1.82) is 0 Å². The standard InChI is InChI=1S/C32H42N2O4/c1-37-28-12-9-24(10-13-28)6-3-4-20-34-21-18-25(27(23-34)11-16-32(35)36)7-5-8-26-17-19-33-31-15-14-29(38-2)22-30(26)31/h9-10,12-15,17,19,22,25,27H,3-8,11,16,18,20-21,23H2,1-2H3,(H,35,36). The number of carbonyl (C=O) groups is 1. The van der Waals surface area contributed by atoms with Gasteiger partial charge in [-0.05, 0) is 124 Å². The molecule has 2 heterocycles. The van der Waals surface area contributed by atoms with Gasteiger partial charge in [0.25, 0.3) is 0 Å². The zero-order chi connectivity index (χ0) is 26.7. The van der Waals surface area contributed by atoms with E-state index < -0.39 is 5.97 Å². The number of benzene rings is 2. The average molecular weight is 519 g/mol. The molecule has 6 heteroatoms. The molecule has 3 aromatic rings. The minimum Gasteiger partial charge on any atom is -0.497 e. The number of likely N-dealkylation sites (tertiary alicyclic amines) is 1. The zero-order valence-electron chi connectivity index (χ0n) is 22.9. The molecule has 0 spiro atoms. The van der Waals surface area contributed by atoms with Crippen molar-refractivity contribution in [2.75, 3.05) is 33.9 Å². The third-order valence-corrected chi connectivity index (χ3v) is 8.11. The molecule has 0 amide bonds. The van der Waals surface area contributed by atoms with E-state index in [0.29, 0.717) is 11.8 Å². The number of hydrogen-bond acceptors (Lipinski definition) is 5. The van der Waals surface area contributed by atoms with Gasteiger partial charge in [-0.15, -0.1) is 0 Å². The largest absolute Gasteiger partial charge is 0.497 e. The number of methoxy groups -OCH3 is 2. The molecule has 0 saturated carbocycles. The van der Waals surface area contributed by atoms with Crippen LogP contribution in [0, 0.1) is 11.8 Å². The predicted molar refractivity (Wildman–Crippen MR) is 152 cm³/mol. The molecule has 6 nitrogen and oxygen atoms in total. The third-order valence-electron chi connectivity index (χ3n) is 8.11. The Labute approximate surface area is 227 Å². The fourth-order valence-electron chi connectivity index (χ4n) is 5.91. The molecule has 1 aliphatic heterocycles. The summed E-state index contributed by atoms with van der Waals surface area (Å²) >= 11 is 0. The van der Waals surface area contributed by atoms with Crippen molar-refractivity contribution >= 4 is 16.9 Å². The van der Waals surface area contributed by atoms with E-state index in [4.69, 9.17) is 9.47 Å².